The molecule has 0 amide bonds. The van der Waals surface area contributed by atoms with E-state index in [0.717, 1.165) is 62.5 Å². The molecular weight excluding hydrogens is 338 g/mol. The van der Waals surface area contributed by atoms with E-state index in [0.29, 0.717) is 0 Å². The lowest BCUT2D eigenvalue weighted by Crippen LogP contribution is -2.47. The van der Waals surface area contributed by atoms with Crippen LogP contribution in [0.4, 0.5) is 17.3 Å². The first-order valence-electron chi connectivity index (χ1n) is 9.97. The Morgan fingerprint density at radius 1 is 0.741 bits per heavy atom. The third-order valence-corrected chi connectivity index (χ3v) is 5.53. The third-order valence-electron chi connectivity index (χ3n) is 5.53. The molecule has 2 aromatic rings. The van der Waals surface area contributed by atoms with Crippen LogP contribution >= 0.6 is 0 Å². The minimum Gasteiger partial charge on any atom is -0.497 e. The number of rotatable bonds is 4. The number of aromatic nitrogens is 2. The normalized spacial score (nSPS) is 17.9. The topological polar surface area (TPSA) is 44.7 Å². The first-order valence-corrected chi connectivity index (χ1v) is 9.97. The van der Waals surface area contributed by atoms with Gasteiger partial charge in [-0.1, -0.05) is 0 Å². The average molecular weight is 367 g/mol. The summed E-state index contributed by atoms with van der Waals surface area (Å²) in [6, 6.07) is 10.5. The highest BCUT2D eigenvalue weighted by Crippen LogP contribution is 2.25. The molecule has 3 heterocycles. The van der Waals surface area contributed by atoms with E-state index in [4.69, 9.17) is 14.7 Å². The summed E-state index contributed by atoms with van der Waals surface area (Å²) in [5.41, 5.74) is 1.25. The molecule has 0 radical (unpaired) electrons. The highest BCUT2D eigenvalue weighted by molar-refractivity contribution is 5.54. The first-order chi connectivity index (χ1) is 13.2. The molecule has 0 spiro atoms. The number of hydrogen-bond acceptors (Lipinski definition) is 6. The van der Waals surface area contributed by atoms with Gasteiger partial charge in [-0.05, 0) is 50.5 Å². The van der Waals surface area contributed by atoms with Gasteiger partial charge in [0.15, 0.2) is 0 Å². The molecule has 0 N–H and O–H groups in total. The SMILES string of the molecule is COc1ccc(N2CCN(c3cc(N4CCCCC4)nc(C)n3)CC2)cc1. The molecule has 2 saturated heterocycles. The lowest BCUT2D eigenvalue weighted by Gasteiger charge is -2.37. The maximum atomic E-state index is 5.26. The van der Waals surface area contributed by atoms with E-state index in [2.05, 4.69) is 32.9 Å². The van der Waals surface area contributed by atoms with Crippen LogP contribution in [0.3, 0.4) is 0 Å². The Morgan fingerprint density at radius 2 is 1.30 bits per heavy atom. The van der Waals surface area contributed by atoms with Gasteiger partial charge in [0, 0.05) is 51.0 Å². The zero-order valence-electron chi connectivity index (χ0n) is 16.4. The lowest BCUT2D eigenvalue weighted by molar-refractivity contribution is 0.415. The van der Waals surface area contributed by atoms with Crippen molar-refractivity contribution in [2.24, 2.45) is 0 Å². The second-order valence-corrected chi connectivity index (χ2v) is 7.35. The molecule has 144 valence electrons. The molecular formula is C21H29N5O. The molecule has 1 aromatic heterocycles. The highest BCUT2D eigenvalue weighted by Gasteiger charge is 2.21. The zero-order chi connectivity index (χ0) is 18.6. The van der Waals surface area contributed by atoms with Crippen molar-refractivity contribution in [3.05, 3.63) is 36.2 Å². The van der Waals surface area contributed by atoms with Gasteiger partial charge in [-0.25, -0.2) is 9.97 Å². The molecule has 2 aliphatic heterocycles. The molecule has 0 unspecified atom stereocenters. The molecule has 6 heteroatoms. The Kier molecular flexibility index (Phi) is 5.32. The van der Waals surface area contributed by atoms with Gasteiger partial charge in [0.1, 0.15) is 23.2 Å². The number of hydrogen-bond donors (Lipinski definition) is 0. The summed E-state index contributed by atoms with van der Waals surface area (Å²) in [4.78, 5) is 16.7. The Morgan fingerprint density at radius 3 is 1.89 bits per heavy atom. The maximum absolute atomic E-state index is 5.26. The van der Waals surface area contributed by atoms with E-state index in [9.17, 15) is 0 Å². The minimum absolute atomic E-state index is 0.866. The smallest absolute Gasteiger partial charge is 0.134 e. The predicted octanol–water partition coefficient (Wildman–Crippen LogP) is 3.11. The summed E-state index contributed by atoms with van der Waals surface area (Å²) >= 11 is 0. The lowest BCUT2D eigenvalue weighted by atomic mass is 10.1. The monoisotopic (exact) mass is 367 g/mol. The fourth-order valence-corrected chi connectivity index (χ4v) is 3.97. The maximum Gasteiger partial charge on any atom is 0.134 e. The average Bonchev–Trinajstić information content (AvgIpc) is 2.74. The van der Waals surface area contributed by atoms with Crippen LogP contribution in [0.2, 0.25) is 0 Å². The van der Waals surface area contributed by atoms with Crippen LogP contribution in [-0.4, -0.2) is 56.3 Å². The summed E-state index contributed by atoms with van der Waals surface area (Å²) in [7, 11) is 1.70. The van der Waals surface area contributed by atoms with Gasteiger partial charge < -0.3 is 19.4 Å². The summed E-state index contributed by atoms with van der Waals surface area (Å²) in [5, 5.41) is 0. The number of methoxy groups -OCH3 is 1. The second-order valence-electron chi connectivity index (χ2n) is 7.35. The van der Waals surface area contributed by atoms with Crippen molar-refractivity contribution in [1.29, 1.82) is 0 Å². The zero-order valence-corrected chi connectivity index (χ0v) is 16.4. The summed E-state index contributed by atoms with van der Waals surface area (Å²) in [6.07, 6.45) is 3.86. The Bertz CT molecular complexity index is 750. The number of ether oxygens (including phenoxy) is 1. The predicted molar refractivity (Wildman–Crippen MR) is 110 cm³/mol. The number of nitrogens with zero attached hydrogens (tertiary/aromatic N) is 5. The van der Waals surface area contributed by atoms with Gasteiger partial charge in [0.2, 0.25) is 0 Å². The van der Waals surface area contributed by atoms with E-state index < -0.39 is 0 Å². The van der Waals surface area contributed by atoms with Crippen molar-refractivity contribution in [2.45, 2.75) is 26.2 Å². The Labute approximate surface area is 161 Å². The van der Waals surface area contributed by atoms with E-state index in [1.165, 1.54) is 24.9 Å². The molecule has 2 aliphatic rings. The van der Waals surface area contributed by atoms with Crippen LogP contribution in [0.5, 0.6) is 5.75 Å². The van der Waals surface area contributed by atoms with Crippen molar-refractivity contribution in [3.8, 4) is 5.75 Å². The van der Waals surface area contributed by atoms with Gasteiger partial charge in [-0.3, -0.25) is 0 Å². The number of piperazine rings is 1. The van der Waals surface area contributed by atoms with Gasteiger partial charge in [0.25, 0.3) is 0 Å². The van der Waals surface area contributed by atoms with Crippen LogP contribution in [0.1, 0.15) is 25.1 Å². The summed E-state index contributed by atoms with van der Waals surface area (Å²) < 4.78 is 5.26. The first kappa shape index (κ1) is 17.9. The highest BCUT2D eigenvalue weighted by atomic mass is 16.5. The third kappa shape index (κ3) is 4.10. The molecule has 2 fully saturated rings. The standard InChI is InChI=1S/C21H29N5O/c1-17-22-20(25-10-4-3-5-11-25)16-21(23-17)26-14-12-24(13-15-26)18-6-8-19(27-2)9-7-18/h6-9,16H,3-5,10-15H2,1-2H3. The minimum atomic E-state index is 0.866. The Balaban J connectivity index is 1.43. The summed E-state index contributed by atoms with van der Waals surface area (Å²) in [5.74, 6) is 3.93. The number of benzene rings is 1. The molecule has 6 nitrogen and oxygen atoms in total. The van der Waals surface area contributed by atoms with Crippen molar-refractivity contribution >= 4 is 17.3 Å². The van der Waals surface area contributed by atoms with Gasteiger partial charge in [0.05, 0.1) is 7.11 Å². The number of anilines is 3. The van der Waals surface area contributed by atoms with E-state index in [-0.39, 0.29) is 0 Å². The molecule has 0 bridgehead atoms. The Hall–Kier alpha value is -2.50. The van der Waals surface area contributed by atoms with Gasteiger partial charge >= 0.3 is 0 Å². The number of piperidine rings is 1. The van der Waals surface area contributed by atoms with Gasteiger partial charge in [-0.15, -0.1) is 0 Å². The van der Waals surface area contributed by atoms with Crippen LogP contribution in [0.25, 0.3) is 0 Å². The molecule has 1 aromatic carbocycles. The second kappa shape index (κ2) is 8.03. The van der Waals surface area contributed by atoms with Crippen LogP contribution in [-0.2, 0) is 0 Å². The van der Waals surface area contributed by atoms with E-state index >= 15 is 0 Å². The van der Waals surface area contributed by atoms with E-state index in [1.807, 2.05) is 19.1 Å². The van der Waals surface area contributed by atoms with Crippen molar-refractivity contribution in [2.75, 3.05) is 61.1 Å². The quantitative estimate of drug-likeness (QED) is 0.827. The molecule has 0 saturated carbocycles. The largest absolute Gasteiger partial charge is 0.497 e. The fraction of sp³-hybridized carbons (Fsp3) is 0.524. The molecule has 4 rings (SSSR count). The van der Waals surface area contributed by atoms with Crippen LogP contribution in [0, 0.1) is 6.92 Å². The fourth-order valence-electron chi connectivity index (χ4n) is 3.97. The molecule has 0 atom stereocenters. The van der Waals surface area contributed by atoms with Crippen molar-refractivity contribution < 1.29 is 4.74 Å². The van der Waals surface area contributed by atoms with E-state index in [1.54, 1.807) is 7.11 Å². The van der Waals surface area contributed by atoms with Crippen molar-refractivity contribution in [1.82, 2.24) is 9.97 Å². The summed E-state index contributed by atoms with van der Waals surface area (Å²) in [6.45, 7) is 8.17. The number of aryl methyl sites for hydroxylation is 1. The van der Waals surface area contributed by atoms with Gasteiger partial charge in [-0.2, -0.15) is 0 Å². The van der Waals surface area contributed by atoms with Crippen molar-refractivity contribution in [3.63, 3.8) is 0 Å². The van der Waals surface area contributed by atoms with Crippen LogP contribution in [0.15, 0.2) is 30.3 Å². The molecule has 27 heavy (non-hydrogen) atoms. The van der Waals surface area contributed by atoms with Crippen LogP contribution < -0.4 is 19.4 Å². The molecule has 0 aliphatic carbocycles.